The fourth-order valence-corrected chi connectivity index (χ4v) is 3.87. The molecule has 3 aromatic carbocycles. The van der Waals surface area contributed by atoms with E-state index >= 15 is 0 Å². The Hall–Kier alpha value is 0.604. The van der Waals surface area contributed by atoms with Crippen molar-refractivity contribution >= 4 is 0 Å². The molecule has 0 bridgehead atoms. The summed E-state index contributed by atoms with van der Waals surface area (Å²) in [5.41, 5.74) is 3.53. The first-order chi connectivity index (χ1) is 19.4. The molecule has 248 valence electrons. The van der Waals surface area contributed by atoms with Crippen molar-refractivity contribution in [1.82, 2.24) is 0 Å². The van der Waals surface area contributed by atoms with Gasteiger partial charge in [-0.05, 0) is 67.4 Å². The molecule has 0 aromatic heterocycles. The first-order valence-electron chi connectivity index (χ1n) is 14.4. The van der Waals surface area contributed by atoms with Gasteiger partial charge in [0.1, 0.15) is 17.2 Å². The van der Waals surface area contributed by atoms with Gasteiger partial charge in [-0.25, -0.2) is 0 Å². The summed E-state index contributed by atoms with van der Waals surface area (Å²) in [6.45, 7) is 23.0. The van der Waals surface area contributed by atoms with Crippen LogP contribution >= 0.6 is 0 Å². The molecule has 0 amide bonds. The molecular formula is C37H54O4W2Y2-4. The molecule has 0 aliphatic heterocycles. The topological polar surface area (TPSA) is 47.9 Å². The van der Waals surface area contributed by atoms with E-state index in [2.05, 4.69) is 53.7 Å². The number of benzene rings is 3. The first-order valence-corrected chi connectivity index (χ1v) is 14.4. The van der Waals surface area contributed by atoms with Gasteiger partial charge in [-0.15, -0.1) is 0 Å². The monoisotopic (exact) mass is 1110 g/mol. The molecule has 0 heterocycles. The maximum atomic E-state index is 9.53. The average Bonchev–Trinajstić information content (AvgIpc) is 2.95. The minimum atomic E-state index is -0.287. The fourth-order valence-electron chi connectivity index (χ4n) is 3.87. The van der Waals surface area contributed by atoms with E-state index in [1.54, 1.807) is 0 Å². The van der Waals surface area contributed by atoms with Crippen molar-refractivity contribution in [2.24, 2.45) is 5.92 Å². The molecular weight excluding hydrogens is 1050 g/mol. The molecule has 3 aromatic rings. The summed E-state index contributed by atoms with van der Waals surface area (Å²) in [4.78, 5) is 0. The summed E-state index contributed by atoms with van der Waals surface area (Å²) in [7, 11) is 0. The molecule has 0 fully saturated rings. The smallest absolute Gasteiger partial charge is 0.122 e. The second-order valence-electron chi connectivity index (χ2n) is 9.55. The van der Waals surface area contributed by atoms with E-state index in [1.807, 2.05) is 67.6 Å². The maximum Gasteiger partial charge on any atom is 0.122 e. The van der Waals surface area contributed by atoms with Crippen molar-refractivity contribution in [2.75, 3.05) is 19.8 Å². The average molecular weight is 1110 g/mol. The third-order valence-corrected chi connectivity index (χ3v) is 5.84. The number of hydrogen-bond donors (Lipinski definition) is 1. The van der Waals surface area contributed by atoms with Crippen LogP contribution in [0.3, 0.4) is 0 Å². The zero-order chi connectivity index (χ0) is 29.6. The third-order valence-electron chi connectivity index (χ3n) is 5.84. The van der Waals surface area contributed by atoms with Gasteiger partial charge in [0.15, 0.2) is 0 Å². The number of aliphatic hydroxyl groups is 1. The van der Waals surface area contributed by atoms with Gasteiger partial charge in [0.25, 0.3) is 0 Å². The Morgan fingerprint density at radius 1 is 0.667 bits per heavy atom. The Morgan fingerprint density at radius 3 is 1.44 bits per heavy atom. The van der Waals surface area contributed by atoms with Crippen molar-refractivity contribution in [3.05, 3.63) is 117 Å². The number of aliphatic hydroxyl groups excluding tert-OH is 1. The Morgan fingerprint density at radius 2 is 1.07 bits per heavy atom. The van der Waals surface area contributed by atoms with Gasteiger partial charge in [-0.1, -0.05) is 89.2 Å². The van der Waals surface area contributed by atoms with Crippen LogP contribution in [0.5, 0.6) is 17.2 Å². The molecule has 0 aliphatic rings. The van der Waals surface area contributed by atoms with Crippen LogP contribution < -0.4 is 14.2 Å². The minimum Gasteiger partial charge on any atom is -0.525 e. The Balaban J connectivity index is -0.000000169. The SMILES string of the molecule is C.[CH2-]CCc1ccccc1OCCC.[CH2-]COc1ccccc1CC(O)CC.[CH2-]COc1ccccc1CC([CH2-])C.[W].[W].[Y].[Y]. The Bertz CT molecular complexity index is 1050. The molecule has 8 heteroatoms. The molecule has 0 saturated heterocycles. The quantitative estimate of drug-likeness (QED) is 0.164. The number of ether oxygens (including phenoxy) is 3. The number of para-hydroxylation sites is 3. The minimum absolute atomic E-state index is 0. The van der Waals surface area contributed by atoms with Gasteiger partial charge < -0.3 is 47.0 Å². The van der Waals surface area contributed by atoms with Gasteiger partial charge in [0, 0.05) is 114 Å². The second kappa shape index (κ2) is 35.9. The van der Waals surface area contributed by atoms with Crippen molar-refractivity contribution in [1.29, 1.82) is 0 Å². The molecule has 0 spiro atoms. The van der Waals surface area contributed by atoms with E-state index in [-0.39, 0.29) is 121 Å². The van der Waals surface area contributed by atoms with Crippen LogP contribution in [0, 0.1) is 33.6 Å². The number of aryl methyl sites for hydroxylation is 1. The predicted octanol–water partition coefficient (Wildman–Crippen LogP) is 8.99. The van der Waals surface area contributed by atoms with Crippen LogP contribution in [0.15, 0.2) is 72.8 Å². The van der Waals surface area contributed by atoms with E-state index in [0.717, 1.165) is 61.5 Å². The van der Waals surface area contributed by atoms with Gasteiger partial charge in [-0.2, -0.15) is 12.3 Å². The summed E-state index contributed by atoms with van der Waals surface area (Å²) < 4.78 is 16.4. The zero-order valence-corrected chi connectivity index (χ0v) is 38.5. The van der Waals surface area contributed by atoms with E-state index < -0.39 is 0 Å². The van der Waals surface area contributed by atoms with Crippen molar-refractivity contribution in [3.63, 3.8) is 0 Å². The van der Waals surface area contributed by atoms with E-state index in [1.165, 1.54) is 11.1 Å². The van der Waals surface area contributed by atoms with Crippen LogP contribution in [0.1, 0.15) is 64.2 Å². The third kappa shape index (κ3) is 25.3. The molecule has 0 saturated carbocycles. The Kier molecular flexibility index (Phi) is 43.9. The number of hydrogen-bond acceptors (Lipinski definition) is 4. The van der Waals surface area contributed by atoms with Gasteiger partial charge in [0.2, 0.25) is 0 Å². The zero-order valence-electron chi connectivity index (χ0n) is 26.9. The molecule has 3 rings (SSSR count). The second-order valence-corrected chi connectivity index (χ2v) is 9.55. The summed E-state index contributed by atoms with van der Waals surface area (Å²) >= 11 is 0. The fraction of sp³-hybridized carbons (Fsp3) is 0.405. The van der Waals surface area contributed by atoms with Gasteiger partial charge in [0.05, 0.1) is 12.7 Å². The van der Waals surface area contributed by atoms with Crippen LogP contribution in [-0.2, 0) is 127 Å². The first kappa shape index (κ1) is 55.0. The summed E-state index contributed by atoms with van der Waals surface area (Å²) in [5, 5.41) is 9.53. The van der Waals surface area contributed by atoms with Crippen LogP contribution in [0.2, 0.25) is 0 Å². The standard InChI is InChI=1S/C12H17O2.C12H16O.C12H17O.CH4.2W.2Y/c1-3-11(13)9-10-7-5-6-8-12(10)14-4-2;1-4-13-12-8-6-5-7-11(12)9-10(2)3;1-3-7-11-8-5-6-9-12(11)13-10-4-2;;;;;/h5-8,11,13H,2-4,9H2,1H3;5-8,10H,1-2,4,9H2,3H3;5-6,8-9H,1,3-4,7,10H2,2H3;1H4;;;;/q-1;-2;-1;;;;;. The molecule has 0 aliphatic carbocycles. The van der Waals surface area contributed by atoms with Crippen molar-refractivity contribution < 1.29 is 127 Å². The van der Waals surface area contributed by atoms with Crippen LogP contribution in [-0.4, -0.2) is 31.0 Å². The predicted molar refractivity (Wildman–Crippen MR) is 175 cm³/mol. The summed E-state index contributed by atoms with van der Waals surface area (Å²) in [6.07, 6.45) is 5.05. The molecule has 2 atom stereocenters. The molecule has 2 unspecified atom stereocenters. The Labute approximate surface area is 355 Å². The van der Waals surface area contributed by atoms with Crippen LogP contribution in [0.4, 0.5) is 0 Å². The largest absolute Gasteiger partial charge is 0.525 e. The maximum absolute atomic E-state index is 9.53. The molecule has 45 heavy (non-hydrogen) atoms. The van der Waals surface area contributed by atoms with Crippen LogP contribution in [0.25, 0.3) is 0 Å². The number of rotatable bonds is 14. The normalized spacial score (nSPS) is 10.4. The van der Waals surface area contributed by atoms with E-state index in [4.69, 9.17) is 14.2 Å². The van der Waals surface area contributed by atoms with Crippen molar-refractivity contribution in [2.45, 2.75) is 72.8 Å². The summed E-state index contributed by atoms with van der Waals surface area (Å²) in [6, 6.07) is 24.0. The summed E-state index contributed by atoms with van der Waals surface area (Å²) in [5.74, 6) is 3.20. The van der Waals surface area contributed by atoms with E-state index in [0.29, 0.717) is 25.6 Å². The van der Waals surface area contributed by atoms with Gasteiger partial charge >= 0.3 is 0 Å². The molecule has 2 radical (unpaired) electrons. The van der Waals surface area contributed by atoms with Gasteiger partial charge in [-0.3, -0.25) is 0 Å². The van der Waals surface area contributed by atoms with Crippen molar-refractivity contribution in [3.8, 4) is 17.2 Å². The molecule has 1 N–H and O–H groups in total. The van der Waals surface area contributed by atoms with E-state index in [9.17, 15) is 5.11 Å². The molecule has 4 nitrogen and oxygen atoms in total.